The summed E-state index contributed by atoms with van der Waals surface area (Å²) in [4.78, 5) is 4.65. The molecule has 29 heavy (non-hydrogen) atoms. The Morgan fingerprint density at radius 1 is 1.21 bits per heavy atom. The quantitative estimate of drug-likeness (QED) is 0.572. The molecule has 4 N–H and O–H groups in total. The number of hydrogen-bond donors (Lipinski definition) is 3. The number of nitrogen functional groups attached to an aromatic ring is 1. The van der Waals surface area contributed by atoms with Crippen LogP contribution in [0.25, 0.3) is 22.3 Å². The minimum Gasteiger partial charge on any atom is -0.380 e. The van der Waals surface area contributed by atoms with Crippen LogP contribution in [0.5, 0.6) is 0 Å². The number of nitrogens with one attached hydrogen (secondary N) is 2. The van der Waals surface area contributed by atoms with E-state index in [9.17, 15) is 8.42 Å². The highest BCUT2D eigenvalue weighted by molar-refractivity contribution is 7.89. The van der Waals surface area contributed by atoms with E-state index in [0.29, 0.717) is 27.6 Å². The van der Waals surface area contributed by atoms with Crippen LogP contribution in [0.1, 0.15) is 39.5 Å². The molecule has 9 heteroatoms. The summed E-state index contributed by atoms with van der Waals surface area (Å²) in [6.45, 7) is 4.44. The molecule has 0 bridgehead atoms. The average Bonchev–Trinajstić information content (AvgIpc) is 3.04. The zero-order valence-corrected chi connectivity index (χ0v) is 17.9. The summed E-state index contributed by atoms with van der Waals surface area (Å²) in [5, 5.41) is 7.04. The highest BCUT2D eigenvalue weighted by atomic mass is 35.5. The monoisotopic (exact) mass is 433 g/mol. The van der Waals surface area contributed by atoms with Crippen molar-refractivity contribution in [1.82, 2.24) is 19.9 Å². The predicted molar refractivity (Wildman–Crippen MR) is 115 cm³/mol. The molecular formula is C20H24ClN5O2S. The molecule has 1 aliphatic rings. The largest absolute Gasteiger partial charge is 0.380 e. The van der Waals surface area contributed by atoms with Gasteiger partial charge < -0.3 is 5.73 Å². The topological polar surface area (TPSA) is 114 Å². The molecule has 1 aromatic carbocycles. The van der Waals surface area contributed by atoms with E-state index < -0.39 is 10.0 Å². The average molecular weight is 434 g/mol. The van der Waals surface area contributed by atoms with E-state index in [0.717, 1.165) is 31.2 Å². The predicted octanol–water partition coefficient (Wildman–Crippen LogP) is 4.11. The van der Waals surface area contributed by atoms with E-state index in [-0.39, 0.29) is 16.4 Å². The number of halogens is 1. The maximum atomic E-state index is 12.8. The zero-order chi connectivity index (χ0) is 20.8. The Morgan fingerprint density at radius 2 is 1.93 bits per heavy atom. The van der Waals surface area contributed by atoms with E-state index in [4.69, 9.17) is 17.3 Å². The lowest BCUT2D eigenvalue weighted by molar-refractivity contribution is 0.218. The van der Waals surface area contributed by atoms with E-state index >= 15 is 0 Å². The van der Waals surface area contributed by atoms with Crippen molar-refractivity contribution in [2.75, 3.05) is 5.73 Å². The third kappa shape index (κ3) is 4.10. The Morgan fingerprint density at radius 3 is 2.62 bits per heavy atom. The second-order valence-corrected chi connectivity index (χ2v) is 10.5. The van der Waals surface area contributed by atoms with Gasteiger partial charge in [-0.1, -0.05) is 25.4 Å². The third-order valence-corrected chi connectivity index (χ3v) is 7.45. The van der Waals surface area contributed by atoms with Gasteiger partial charge in [0.05, 0.1) is 21.1 Å². The molecule has 0 aliphatic heterocycles. The number of aromatic amines is 1. The number of fused-ring (bicyclic) bond motifs is 1. The molecular weight excluding hydrogens is 410 g/mol. The number of H-pyrrole nitrogens is 1. The third-order valence-electron chi connectivity index (χ3n) is 5.62. The molecule has 0 saturated heterocycles. The molecule has 0 unspecified atom stereocenters. The second kappa shape index (κ2) is 7.27. The maximum Gasteiger partial charge on any atom is 0.240 e. The smallest absolute Gasteiger partial charge is 0.240 e. The first kappa shape index (κ1) is 20.1. The second-order valence-electron chi connectivity index (χ2n) is 8.40. The molecule has 0 amide bonds. The lowest BCUT2D eigenvalue weighted by Gasteiger charge is -2.34. The van der Waals surface area contributed by atoms with Crippen molar-refractivity contribution in [3.63, 3.8) is 0 Å². The van der Waals surface area contributed by atoms with Crippen molar-refractivity contribution >= 4 is 38.5 Å². The molecule has 1 fully saturated rings. The standard InChI is InChI=1S/C20H24ClN5O2S/c1-20(2)9-7-12(8-10-20)26-29(27,28)13-3-4-14(15(21)11-13)16-5-6-17-18(23-16)19(22)25-24-17/h3-6,11-12,26H,7-10H2,1-2H3,(H3,22,24,25). The summed E-state index contributed by atoms with van der Waals surface area (Å²) < 4.78 is 28.5. The van der Waals surface area contributed by atoms with Gasteiger partial charge in [-0.2, -0.15) is 5.10 Å². The van der Waals surface area contributed by atoms with Crippen molar-refractivity contribution < 1.29 is 8.42 Å². The van der Waals surface area contributed by atoms with Crippen LogP contribution in [0.2, 0.25) is 5.02 Å². The number of nitrogens with zero attached hydrogens (tertiary/aromatic N) is 2. The number of sulfonamides is 1. The fourth-order valence-electron chi connectivity index (χ4n) is 3.74. The minimum atomic E-state index is -3.64. The van der Waals surface area contributed by atoms with Gasteiger partial charge in [0.15, 0.2) is 5.82 Å². The van der Waals surface area contributed by atoms with Crippen molar-refractivity contribution in [2.24, 2.45) is 5.41 Å². The molecule has 154 valence electrons. The van der Waals surface area contributed by atoms with Gasteiger partial charge in [0.2, 0.25) is 10.0 Å². The summed E-state index contributed by atoms with van der Waals surface area (Å²) in [5.41, 5.74) is 8.61. The van der Waals surface area contributed by atoms with Gasteiger partial charge in [0.25, 0.3) is 0 Å². The molecule has 3 aromatic rings. The number of hydrogen-bond acceptors (Lipinski definition) is 5. The van der Waals surface area contributed by atoms with E-state index in [2.05, 4.69) is 33.8 Å². The molecule has 0 spiro atoms. The van der Waals surface area contributed by atoms with Crippen LogP contribution in [-0.4, -0.2) is 29.6 Å². The van der Waals surface area contributed by atoms with Crippen molar-refractivity contribution in [3.05, 3.63) is 35.4 Å². The Bertz CT molecular complexity index is 1160. The highest BCUT2D eigenvalue weighted by Crippen LogP contribution is 2.36. The Hall–Kier alpha value is -2.16. The first-order valence-electron chi connectivity index (χ1n) is 9.57. The summed E-state index contributed by atoms with van der Waals surface area (Å²) in [7, 11) is -3.64. The van der Waals surface area contributed by atoms with Gasteiger partial charge in [0, 0.05) is 11.6 Å². The number of benzene rings is 1. The molecule has 2 heterocycles. The maximum absolute atomic E-state index is 12.8. The van der Waals surface area contributed by atoms with Gasteiger partial charge in [-0.15, -0.1) is 0 Å². The molecule has 1 aliphatic carbocycles. The van der Waals surface area contributed by atoms with Crippen LogP contribution in [-0.2, 0) is 10.0 Å². The normalized spacial score (nSPS) is 17.6. The van der Waals surface area contributed by atoms with Crippen molar-refractivity contribution in [1.29, 1.82) is 0 Å². The molecule has 1 saturated carbocycles. The van der Waals surface area contributed by atoms with Crippen LogP contribution < -0.4 is 10.5 Å². The molecule has 2 aromatic heterocycles. The molecule has 4 rings (SSSR count). The van der Waals surface area contributed by atoms with E-state index in [1.54, 1.807) is 18.2 Å². The van der Waals surface area contributed by atoms with Crippen LogP contribution in [0.15, 0.2) is 35.2 Å². The SMILES string of the molecule is CC1(C)CCC(NS(=O)(=O)c2ccc(-c3ccc4[nH]nc(N)c4n3)c(Cl)c2)CC1. The van der Waals surface area contributed by atoms with Gasteiger partial charge >= 0.3 is 0 Å². The highest BCUT2D eigenvalue weighted by Gasteiger charge is 2.29. The first-order chi connectivity index (χ1) is 13.6. The Labute approximate surface area is 175 Å². The first-order valence-corrected chi connectivity index (χ1v) is 11.4. The summed E-state index contributed by atoms with van der Waals surface area (Å²) in [6, 6.07) is 8.26. The van der Waals surface area contributed by atoms with E-state index in [1.807, 2.05) is 6.07 Å². The van der Waals surface area contributed by atoms with Crippen LogP contribution >= 0.6 is 11.6 Å². The minimum absolute atomic E-state index is 0.0420. The summed E-state index contributed by atoms with van der Waals surface area (Å²) in [5.74, 6) is 0.303. The Kier molecular flexibility index (Phi) is 5.04. The fraction of sp³-hybridized carbons (Fsp3) is 0.400. The van der Waals surface area contributed by atoms with Crippen LogP contribution in [0, 0.1) is 5.41 Å². The van der Waals surface area contributed by atoms with Crippen LogP contribution in [0.3, 0.4) is 0 Å². The molecule has 0 radical (unpaired) electrons. The Balaban J connectivity index is 1.58. The number of rotatable bonds is 4. The van der Waals surface area contributed by atoms with Crippen molar-refractivity contribution in [3.8, 4) is 11.3 Å². The fourth-order valence-corrected chi connectivity index (χ4v) is 5.42. The number of nitrogens with two attached hydrogens (primary N) is 1. The lowest BCUT2D eigenvalue weighted by atomic mass is 9.76. The van der Waals surface area contributed by atoms with E-state index in [1.165, 1.54) is 6.07 Å². The van der Waals surface area contributed by atoms with Crippen molar-refractivity contribution in [2.45, 2.75) is 50.5 Å². The van der Waals surface area contributed by atoms with Gasteiger partial charge in [0.1, 0.15) is 5.52 Å². The number of aromatic nitrogens is 3. The molecule has 7 nitrogen and oxygen atoms in total. The number of pyridine rings is 1. The summed E-state index contributed by atoms with van der Waals surface area (Å²) in [6.07, 6.45) is 3.69. The zero-order valence-electron chi connectivity index (χ0n) is 16.4. The molecule has 0 atom stereocenters. The number of anilines is 1. The van der Waals surface area contributed by atoms with Crippen LogP contribution in [0.4, 0.5) is 5.82 Å². The van der Waals surface area contributed by atoms with Gasteiger partial charge in [-0.05, 0) is 61.4 Å². The lowest BCUT2D eigenvalue weighted by Crippen LogP contribution is -2.39. The van der Waals surface area contributed by atoms with Gasteiger partial charge in [-0.25, -0.2) is 18.1 Å². The summed E-state index contributed by atoms with van der Waals surface area (Å²) >= 11 is 6.43. The van der Waals surface area contributed by atoms with Gasteiger partial charge in [-0.3, -0.25) is 5.10 Å².